The molecule has 0 unspecified atom stereocenters. The Morgan fingerprint density at radius 1 is 1.26 bits per heavy atom. The third-order valence-electron chi connectivity index (χ3n) is 2.92. The van der Waals surface area contributed by atoms with Crippen LogP contribution >= 0.6 is 12.4 Å². The Labute approximate surface area is 121 Å². The van der Waals surface area contributed by atoms with Gasteiger partial charge < -0.3 is 19.7 Å². The Kier molecular flexibility index (Phi) is 11.2. The first-order valence-corrected chi connectivity index (χ1v) is 6.47. The Hall–Kier alpha value is -0.400. The first kappa shape index (κ1) is 18.6. The highest BCUT2D eigenvalue weighted by Gasteiger charge is 2.17. The van der Waals surface area contributed by atoms with Gasteiger partial charge in [0.1, 0.15) is 0 Å². The lowest BCUT2D eigenvalue weighted by atomic mass is 10.3. The number of nitrogens with one attached hydrogen (secondary N) is 1. The van der Waals surface area contributed by atoms with Gasteiger partial charge in [0, 0.05) is 39.8 Å². The second-order valence-electron chi connectivity index (χ2n) is 4.47. The van der Waals surface area contributed by atoms with Gasteiger partial charge in [-0.2, -0.15) is 0 Å². The number of carbonyl (C=O) groups excluding carboxylic acids is 1. The second kappa shape index (κ2) is 11.4. The predicted octanol–water partition coefficient (Wildman–Crippen LogP) is -0.565. The van der Waals surface area contributed by atoms with Crippen LogP contribution in [0.3, 0.4) is 0 Å². The number of amides is 1. The summed E-state index contributed by atoms with van der Waals surface area (Å²) in [5.41, 5.74) is 0. The fourth-order valence-corrected chi connectivity index (χ4v) is 1.79. The maximum absolute atomic E-state index is 11.9. The maximum atomic E-state index is 11.9. The normalized spacial score (nSPS) is 15.4. The molecule has 0 aromatic heterocycles. The van der Waals surface area contributed by atoms with Crippen LogP contribution in [0.15, 0.2) is 0 Å². The highest BCUT2D eigenvalue weighted by molar-refractivity contribution is 5.85. The lowest BCUT2D eigenvalue weighted by molar-refractivity contribution is -0.132. The third kappa shape index (κ3) is 8.39. The van der Waals surface area contributed by atoms with Gasteiger partial charge in [0.05, 0.1) is 26.4 Å². The average molecular weight is 296 g/mol. The molecule has 1 amide bonds. The molecule has 1 heterocycles. The molecule has 1 N–H and O–H groups in total. The standard InChI is InChI=1S/C12H25N3O3.ClH/c1-14(7-8-18-10-9-17-2)11-12(16)15-5-3-13-4-6-15;/h13H,3-11H2,1-2H3;1H. The van der Waals surface area contributed by atoms with Gasteiger partial charge in [-0.05, 0) is 7.05 Å². The number of likely N-dealkylation sites (N-methyl/N-ethyl adjacent to an activating group) is 1. The quantitative estimate of drug-likeness (QED) is 0.608. The van der Waals surface area contributed by atoms with Crippen LogP contribution in [0.25, 0.3) is 0 Å². The molecule has 0 bridgehead atoms. The zero-order valence-corrected chi connectivity index (χ0v) is 12.7. The largest absolute Gasteiger partial charge is 0.382 e. The number of halogens is 1. The molecule has 1 rings (SSSR count). The molecule has 1 fully saturated rings. The van der Waals surface area contributed by atoms with Crippen LogP contribution in [-0.4, -0.2) is 89.0 Å². The average Bonchev–Trinajstić information content (AvgIpc) is 2.39. The summed E-state index contributed by atoms with van der Waals surface area (Å²) in [4.78, 5) is 15.9. The van der Waals surface area contributed by atoms with Gasteiger partial charge in [0.2, 0.25) is 5.91 Å². The van der Waals surface area contributed by atoms with Crippen LogP contribution in [0.1, 0.15) is 0 Å². The summed E-state index contributed by atoms with van der Waals surface area (Å²) >= 11 is 0. The fraction of sp³-hybridized carbons (Fsp3) is 0.917. The van der Waals surface area contributed by atoms with Gasteiger partial charge in [-0.15, -0.1) is 12.4 Å². The monoisotopic (exact) mass is 295 g/mol. The Morgan fingerprint density at radius 3 is 2.58 bits per heavy atom. The van der Waals surface area contributed by atoms with Crippen molar-refractivity contribution in [2.75, 3.05) is 73.2 Å². The Bertz CT molecular complexity index is 238. The van der Waals surface area contributed by atoms with E-state index >= 15 is 0 Å². The van der Waals surface area contributed by atoms with E-state index in [1.54, 1.807) is 7.11 Å². The molecule has 1 aliphatic heterocycles. The van der Waals surface area contributed by atoms with Crippen molar-refractivity contribution in [1.29, 1.82) is 0 Å². The zero-order chi connectivity index (χ0) is 13.2. The molecule has 1 saturated heterocycles. The molecule has 1 aliphatic rings. The summed E-state index contributed by atoms with van der Waals surface area (Å²) < 4.78 is 10.3. The third-order valence-corrected chi connectivity index (χ3v) is 2.92. The van der Waals surface area contributed by atoms with E-state index in [2.05, 4.69) is 5.32 Å². The van der Waals surface area contributed by atoms with E-state index in [9.17, 15) is 4.79 Å². The van der Waals surface area contributed by atoms with Crippen molar-refractivity contribution in [2.24, 2.45) is 0 Å². The van der Waals surface area contributed by atoms with E-state index in [0.717, 1.165) is 32.7 Å². The summed E-state index contributed by atoms with van der Waals surface area (Å²) in [6.45, 7) is 6.52. The van der Waals surface area contributed by atoms with Crippen LogP contribution in [0, 0.1) is 0 Å². The first-order chi connectivity index (χ1) is 8.74. The van der Waals surface area contributed by atoms with Crippen molar-refractivity contribution in [1.82, 2.24) is 15.1 Å². The van der Waals surface area contributed by atoms with Gasteiger partial charge in [0.15, 0.2) is 0 Å². The number of ether oxygens (including phenoxy) is 2. The zero-order valence-electron chi connectivity index (χ0n) is 11.9. The van der Waals surface area contributed by atoms with E-state index in [1.807, 2.05) is 16.8 Å². The van der Waals surface area contributed by atoms with Crippen molar-refractivity contribution in [3.05, 3.63) is 0 Å². The minimum Gasteiger partial charge on any atom is -0.382 e. The van der Waals surface area contributed by atoms with E-state index in [0.29, 0.717) is 26.4 Å². The summed E-state index contributed by atoms with van der Waals surface area (Å²) in [5, 5.41) is 3.24. The van der Waals surface area contributed by atoms with Crippen molar-refractivity contribution in [3.8, 4) is 0 Å². The SMILES string of the molecule is COCCOCCN(C)CC(=O)N1CCNCC1.Cl. The molecule has 7 heteroatoms. The number of nitrogens with zero attached hydrogens (tertiary/aromatic N) is 2. The van der Waals surface area contributed by atoms with E-state index in [-0.39, 0.29) is 18.3 Å². The predicted molar refractivity (Wildman–Crippen MR) is 76.9 cm³/mol. The molecule has 19 heavy (non-hydrogen) atoms. The van der Waals surface area contributed by atoms with E-state index in [4.69, 9.17) is 9.47 Å². The van der Waals surface area contributed by atoms with Crippen molar-refractivity contribution in [3.63, 3.8) is 0 Å². The highest BCUT2D eigenvalue weighted by atomic mass is 35.5. The molecular formula is C12H26ClN3O3. The smallest absolute Gasteiger partial charge is 0.236 e. The minimum absolute atomic E-state index is 0. The van der Waals surface area contributed by atoms with Gasteiger partial charge >= 0.3 is 0 Å². The molecule has 0 radical (unpaired) electrons. The van der Waals surface area contributed by atoms with Crippen molar-refractivity contribution in [2.45, 2.75) is 0 Å². The van der Waals surface area contributed by atoms with Crippen LogP contribution in [0.4, 0.5) is 0 Å². The molecule has 6 nitrogen and oxygen atoms in total. The molecule has 0 aliphatic carbocycles. The second-order valence-corrected chi connectivity index (χ2v) is 4.47. The Morgan fingerprint density at radius 2 is 1.95 bits per heavy atom. The molecule has 0 aromatic carbocycles. The van der Waals surface area contributed by atoms with E-state index < -0.39 is 0 Å². The summed E-state index contributed by atoms with van der Waals surface area (Å²) in [6.07, 6.45) is 0. The van der Waals surface area contributed by atoms with Gasteiger partial charge in [-0.3, -0.25) is 9.69 Å². The fourth-order valence-electron chi connectivity index (χ4n) is 1.79. The number of carbonyl (C=O) groups is 1. The maximum Gasteiger partial charge on any atom is 0.236 e. The van der Waals surface area contributed by atoms with Gasteiger partial charge in [-0.25, -0.2) is 0 Å². The number of piperazine rings is 1. The molecule has 0 aromatic rings. The van der Waals surface area contributed by atoms with Crippen molar-refractivity contribution >= 4 is 18.3 Å². The Balaban J connectivity index is 0.00000324. The number of hydrogen-bond acceptors (Lipinski definition) is 5. The lowest BCUT2D eigenvalue weighted by Gasteiger charge is -2.29. The van der Waals surface area contributed by atoms with Crippen LogP contribution < -0.4 is 5.32 Å². The highest BCUT2D eigenvalue weighted by Crippen LogP contribution is 1.95. The van der Waals surface area contributed by atoms with Gasteiger partial charge in [0.25, 0.3) is 0 Å². The summed E-state index contributed by atoms with van der Waals surface area (Å²) in [7, 11) is 3.60. The van der Waals surface area contributed by atoms with Crippen LogP contribution in [0.2, 0.25) is 0 Å². The number of hydrogen-bond donors (Lipinski definition) is 1. The van der Waals surface area contributed by atoms with Gasteiger partial charge in [-0.1, -0.05) is 0 Å². The topological polar surface area (TPSA) is 54.0 Å². The number of methoxy groups -OCH3 is 1. The van der Waals surface area contributed by atoms with Crippen LogP contribution in [-0.2, 0) is 14.3 Å². The first-order valence-electron chi connectivity index (χ1n) is 6.47. The lowest BCUT2D eigenvalue weighted by Crippen LogP contribution is -2.49. The summed E-state index contributed by atoms with van der Waals surface area (Å²) in [5.74, 6) is 0.205. The molecule has 0 saturated carbocycles. The van der Waals surface area contributed by atoms with Crippen molar-refractivity contribution < 1.29 is 14.3 Å². The molecule has 0 spiro atoms. The summed E-state index contributed by atoms with van der Waals surface area (Å²) in [6, 6.07) is 0. The van der Waals surface area contributed by atoms with Crippen LogP contribution in [0.5, 0.6) is 0 Å². The van der Waals surface area contributed by atoms with E-state index in [1.165, 1.54) is 0 Å². The minimum atomic E-state index is 0. The number of rotatable bonds is 8. The molecular weight excluding hydrogens is 270 g/mol. The molecule has 114 valence electrons. The molecule has 0 atom stereocenters.